The fourth-order valence-electron chi connectivity index (χ4n) is 3.13. The topological polar surface area (TPSA) is 97.3 Å². The van der Waals surface area contributed by atoms with Crippen LogP contribution in [-0.4, -0.2) is 64.6 Å². The number of carbonyl (C=O) groups is 1. The summed E-state index contributed by atoms with van der Waals surface area (Å²) in [6.07, 6.45) is -2.80. The van der Waals surface area contributed by atoms with Crippen molar-refractivity contribution in [3.63, 3.8) is 0 Å². The molecule has 0 bridgehead atoms. The first-order valence-corrected chi connectivity index (χ1v) is 7.64. The zero-order valence-corrected chi connectivity index (χ0v) is 13.8. The second-order valence-electron chi connectivity index (χ2n) is 7.20. The van der Waals surface area contributed by atoms with Crippen molar-refractivity contribution in [2.45, 2.75) is 82.9 Å². The minimum atomic E-state index is -1.02. The molecule has 2 rings (SSSR count). The molecule has 7 nitrogen and oxygen atoms in total. The van der Waals surface area contributed by atoms with Gasteiger partial charge in [0.2, 0.25) is 5.91 Å². The first-order chi connectivity index (χ1) is 10.0. The van der Waals surface area contributed by atoms with Crippen molar-refractivity contribution in [3.05, 3.63) is 0 Å². The van der Waals surface area contributed by atoms with Crippen LogP contribution < -0.4 is 5.32 Å². The second kappa shape index (κ2) is 6.05. The minimum absolute atomic E-state index is 0.233. The molecule has 3 N–H and O–H groups in total. The monoisotopic (exact) mass is 317 g/mol. The van der Waals surface area contributed by atoms with E-state index >= 15 is 0 Å². The molecule has 2 fully saturated rings. The van der Waals surface area contributed by atoms with Crippen LogP contribution in [0.15, 0.2) is 0 Å². The summed E-state index contributed by atoms with van der Waals surface area (Å²) in [6.45, 7) is 8.83. The summed E-state index contributed by atoms with van der Waals surface area (Å²) in [4.78, 5) is 11.4. The van der Waals surface area contributed by atoms with E-state index in [1.54, 1.807) is 13.8 Å². The van der Waals surface area contributed by atoms with Gasteiger partial charge in [0.05, 0.1) is 24.4 Å². The van der Waals surface area contributed by atoms with Crippen molar-refractivity contribution in [2.75, 3.05) is 6.61 Å². The number of aliphatic hydroxyl groups is 2. The van der Waals surface area contributed by atoms with E-state index < -0.39 is 41.8 Å². The summed E-state index contributed by atoms with van der Waals surface area (Å²) < 4.78 is 17.1. The minimum Gasteiger partial charge on any atom is -0.391 e. The number of hydrogen-bond acceptors (Lipinski definition) is 6. The maximum Gasteiger partial charge on any atom is 0.217 e. The van der Waals surface area contributed by atoms with Crippen LogP contribution in [0.5, 0.6) is 0 Å². The molecule has 128 valence electrons. The number of carbonyl (C=O) groups excluding carboxylic acids is 1. The van der Waals surface area contributed by atoms with Crippen molar-refractivity contribution < 1.29 is 29.2 Å². The normalized spacial score (nSPS) is 38.5. The van der Waals surface area contributed by atoms with Crippen LogP contribution in [0, 0.1) is 0 Å². The van der Waals surface area contributed by atoms with Crippen LogP contribution in [0.3, 0.4) is 0 Å². The molecule has 1 amide bonds. The Balaban J connectivity index is 2.17. The van der Waals surface area contributed by atoms with Gasteiger partial charge in [0.25, 0.3) is 0 Å². The first-order valence-electron chi connectivity index (χ1n) is 7.64. The standard InChI is InChI=1S/C15H27NO6/c1-8(17)16-11-9(18)6-14(2,3)22-13(11)12(19)10-7-20-15(4,5)21-10/h9-13,18-19H,6-7H2,1-5H3,(H,16,17)/t9-,10-,11?,12-,13?/m1/s1. The van der Waals surface area contributed by atoms with E-state index in [9.17, 15) is 15.0 Å². The van der Waals surface area contributed by atoms with Gasteiger partial charge in [0.15, 0.2) is 5.79 Å². The summed E-state index contributed by atoms with van der Waals surface area (Å²) in [6, 6.07) is -0.687. The highest BCUT2D eigenvalue weighted by Crippen LogP contribution is 2.34. The Morgan fingerprint density at radius 1 is 1.27 bits per heavy atom. The van der Waals surface area contributed by atoms with E-state index in [0.29, 0.717) is 6.42 Å². The highest BCUT2D eigenvalue weighted by atomic mass is 16.7. The van der Waals surface area contributed by atoms with Crippen LogP contribution in [0.1, 0.15) is 41.0 Å². The Kier molecular flexibility index (Phi) is 4.85. The molecule has 7 heteroatoms. The lowest BCUT2D eigenvalue weighted by Gasteiger charge is -2.46. The third-order valence-electron chi connectivity index (χ3n) is 4.04. The van der Waals surface area contributed by atoms with Gasteiger partial charge in [-0.1, -0.05) is 0 Å². The predicted octanol–water partition coefficient (Wildman–Crippen LogP) is -0.0681. The smallest absolute Gasteiger partial charge is 0.217 e. The van der Waals surface area contributed by atoms with Gasteiger partial charge < -0.3 is 29.7 Å². The molecule has 0 aromatic heterocycles. The van der Waals surface area contributed by atoms with Crippen molar-refractivity contribution in [1.29, 1.82) is 0 Å². The van der Waals surface area contributed by atoms with Gasteiger partial charge in [-0.2, -0.15) is 0 Å². The molecule has 2 aliphatic heterocycles. The lowest BCUT2D eigenvalue weighted by molar-refractivity contribution is -0.217. The second-order valence-corrected chi connectivity index (χ2v) is 7.20. The quantitative estimate of drug-likeness (QED) is 0.674. The molecule has 0 aromatic rings. The zero-order chi connectivity index (χ0) is 16.7. The van der Waals surface area contributed by atoms with Gasteiger partial charge >= 0.3 is 0 Å². The molecule has 2 heterocycles. The van der Waals surface area contributed by atoms with E-state index in [-0.39, 0.29) is 12.5 Å². The first kappa shape index (κ1) is 17.6. The number of hydrogen-bond donors (Lipinski definition) is 3. The third-order valence-corrected chi connectivity index (χ3v) is 4.04. The molecule has 0 radical (unpaired) electrons. The Morgan fingerprint density at radius 2 is 1.91 bits per heavy atom. The van der Waals surface area contributed by atoms with Gasteiger partial charge in [-0.25, -0.2) is 0 Å². The van der Waals surface area contributed by atoms with Crippen molar-refractivity contribution in [1.82, 2.24) is 5.32 Å². The Labute approximate surface area is 130 Å². The number of amides is 1. The molecule has 22 heavy (non-hydrogen) atoms. The van der Waals surface area contributed by atoms with Gasteiger partial charge in [0.1, 0.15) is 18.3 Å². The van der Waals surface area contributed by atoms with E-state index in [0.717, 1.165) is 0 Å². The molecule has 2 aliphatic rings. The van der Waals surface area contributed by atoms with Crippen LogP contribution in [0.2, 0.25) is 0 Å². The lowest BCUT2D eigenvalue weighted by atomic mass is 9.85. The molecule has 2 unspecified atom stereocenters. The number of ether oxygens (including phenoxy) is 3. The molecule has 5 atom stereocenters. The average Bonchev–Trinajstić information content (AvgIpc) is 2.71. The van der Waals surface area contributed by atoms with E-state index in [2.05, 4.69) is 5.32 Å². The molecule has 0 aliphatic carbocycles. The average molecular weight is 317 g/mol. The van der Waals surface area contributed by atoms with Crippen molar-refractivity contribution >= 4 is 5.91 Å². The fourth-order valence-corrected chi connectivity index (χ4v) is 3.13. The molecule has 0 spiro atoms. The van der Waals surface area contributed by atoms with Crippen LogP contribution >= 0.6 is 0 Å². The van der Waals surface area contributed by atoms with Gasteiger partial charge in [-0.05, 0) is 27.7 Å². The Hall–Kier alpha value is -0.730. The lowest BCUT2D eigenvalue weighted by Crippen LogP contribution is -2.64. The highest BCUT2D eigenvalue weighted by Gasteiger charge is 2.49. The Morgan fingerprint density at radius 3 is 2.41 bits per heavy atom. The van der Waals surface area contributed by atoms with Gasteiger partial charge in [-0.3, -0.25) is 4.79 Å². The summed E-state index contributed by atoms with van der Waals surface area (Å²) in [5, 5.41) is 23.7. The summed E-state index contributed by atoms with van der Waals surface area (Å²) in [5.74, 6) is -1.05. The highest BCUT2D eigenvalue weighted by molar-refractivity contribution is 5.73. The third kappa shape index (κ3) is 3.97. The molecular formula is C15H27NO6. The SMILES string of the molecule is CC(=O)NC1C([C@H](O)[C@H]2COC(C)(C)O2)OC(C)(C)C[C@H]1O. The van der Waals surface area contributed by atoms with Crippen molar-refractivity contribution in [2.24, 2.45) is 0 Å². The van der Waals surface area contributed by atoms with Crippen LogP contribution in [-0.2, 0) is 19.0 Å². The van der Waals surface area contributed by atoms with Crippen LogP contribution in [0.4, 0.5) is 0 Å². The fraction of sp³-hybridized carbons (Fsp3) is 0.933. The summed E-state index contributed by atoms with van der Waals surface area (Å²) >= 11 is 0. The Bertz CT molecular complexity index is 424. The molecule has 0 aromatic carbocycles. The predicted molar refractivity (Wildman–Crippen MR) is 78.1 cm³/mol. The van der Waals surface area contributed by atoms with E-state index in [1.807, 2.05) is 13.8 Å². The largest absolute Gasteiger partial charge is 0.391 e. The van der Waals surface area contributed by atoms with E-state index in [1.165, 1.54) is 6.92 Å². The maximum absolute atomic E-state index is 11.4. The molecular weight excluding hydrogens is 290 g/mol. The van der Waals surface area contributed by atoms with Gasteiger partial charge in [-0.15, -0.1) is 0 Å². The zero-order valence-electron chi connectivity index (χ0n) is 13.8. The van der Waals surface area contributed by atoms with Crippen molar-refractivity contribution in [3.8, 4) is 0 Å². The number of rotatable bonds is 3. The number of aliphatic hydroxyl groups excluding tert-OH is 2. The summed E-state index contributed by atoms with van der Waals surface area (Å²) in [7, 11) is 0. The maximum atomic E-state index is 11.4. The van der Waals surface area contributed by atoms with E-state index in [4.69, 9.17) is 14.2 Å². The van der Waals surface area contributed by atoms with Gasteiger partial charge in [0, 0.05) is 13.3 Å². The molecule has 2 saturated heterocycles. The number of nitrogens with one attached hydrogen (secondary N) is 1. The van der Waals surface area contributed by atoms with Crippen LogP contribution in [0.25, 0.3) is 0 Å². The summed E-state index contributed by atoms with van der Waals surface area (Å²) in [5.41, 5.74) is -0.602. The molecule has 0 saturated carbocycles.